The van der Waals surface area contributed by atoms with Crippen molar-refractivity contribution in [3.63, 3.8) is 0 Å². The molecule has 0 aliphatic carbocycles. The molecule has 0 heterocycles. The van der Waals surface area contributed by atoms with Crippen LogP contribution in [0.15, 0.2) is 23.1 Å². The lowest BCUT2D eigenvalue weighted by Crippen LogP contribution is -2.34. The molecule has 0 amide bonds. The van der Waals surface area contributed by atoms with E-state index in [1.54, 1.807) is 0 Å². The van der Waals surface area contributed by atoms with Gasteiger partial charge in [0.1, 0.15) is 11.3 Å². The van der Waals surface area contributed by atoms with Crippen LogP contribution in [0, 0.1) is 5.41 Å². The number of carboxylic acids is 1. The topological polar surface area (TPSA) is 83.9 Å². The van der Waals surface area contributed by atoms with Gasteiger partial charge in [0.2, 0.25) is 10.0 Å². The third kappa shape index (κ3) is 4.18. The number of methoxy groups -OCH3 is 1. The van der Waals surface area contributed by atoms with E-state index in [0.29, 0.717) is 6.54 Å². The fraction of sp³-hybridized carbons (Fsp3) is 0.500. The fourth-order valence-electron chi connectivity index (χ4n) is 1.95. The summed E-state index contributed by atoms with van der Waals surface area (Å²) in [6.07, 6.45) is 0. The largest absolute Gasteiger partial charge is 0.496 e. The van der Waals surface area contributed by atoms with Gasteiger partial charge in [0, 0.05) is 13.6 Å². The summed E-state index contributed by atoms with van der Waals surface area (Å²) in [6.45, 7) is 6.10. The SMILES string of the molecule is COc1ccc(S(=O)(=O)N(C)CC(C)(C)C)cc1C(=O)O. The van der Waals surface area contributed by atoms with Gasteiger partial charge in [-0.25, -0.2) is 17.5 Å². The predicted octanol–water partition coefficient (Wildman–Crippen LogP) is 2.06. The van der Waals surface area contributed by atoms with Gasteiger partial charge < -0.3 is 9.84 Å². The molecule has 118 valence electrons. The van der Waals surface area contributed by atoms with Crippen LogP contribution in [-0.4, -0.2) is 44.5 Å². The third-order valence-electron chi connectivity index (χ3n) is 2.81. The maximum absolute atomic E-state index is 12.5. The van der Waals surface area contributed by atoms with Crippen LogP contribution in [0.5, 0.6) is 5.75 Å². The number of nitrogens with zero attached hydrogens (tertiary/aromatic N) is 1. The number of aromatic carboxylic acids is 1. The van der Waals surface area contributed by atoms with Crippen molar-refractivity contribution in [1.29, 1.82) is 0 Å². The Morgan fingerprint density at radius 1 is 1.33 bits per heavy atom. The Hall–Kier alpha value is -1.60. The molecule has 0 saturated carbocycles. The van der Waals surface area contributed by atoms with Gasteiger partial charge in [-0.3, -0.25) is 0 Å². The van der Waals surface area contributed by atoms with Crippen molar-refractivity contribution in [3.05, 3.63) is 23.8 Å². The monoisotopic (exact) mass is 315 g/mol. The van der Waals surface area contributed by atoms with Crippen molar-refractivity contribution in [2.75, 3.05) is 20.7 Å². The number of rotatable bonds is 5. The van der Waals surface area contributed by atoms with Crippen LogP contribution in [0.2, 0.25) is 0 Å². The summed E-state index contributed by atoms with van der Waals surface area (Å²) in [6, 6.07) is 3.82. The van der Waals surface area contributed by atoms with Crippen LogP contribution in [0.1, 0.15) is 31.1 Å². The molecule has 6 nitrogen and oxygen atoms in total. The standard InChI is InChI=1S/C14H21NO5S/c1-14(2,3)9-15(4)21(18,19)10-6-7-12(20-5)11(8-10)13(16)17/h6-8H,9H2,1-5H3,(H,16,17). The molecule has 0 aliphatic heterocycles. The second kappa shape index (κ2) is 6.03. The van der Waals surface area contributed by atoms with Gasteiger partial charge in [-0.15, -0.1) is 0 Å². The van der Waals surface area contributed by atoms with Crippen molar-refractivity contribution >= 4 is 16.0 Å². The number of hydrogen-bond acceptors (Lipinski definition) is 4. The molecule has 0 unspecified atom stereocenters. The molecule has 0 atom stereocenters. The van der Waals surface area contributed by atoms with E-state index in [4.69, 9.17) is 9.84 Å². The van der Waals surface area contributed by atoms with Crippen molar-refractivity contribution < 1.29 is 23.1 Å². The molecule has 0 aromatic heterocycles. The van der Waals surface area contributed by atoms with Gasteiger partial charge in [-0.1, -0.05) is 20.8 Å². The number of carboxylic acid groups (broad SMARTS) is 1. The van der Waals surface area contributed by atoms with Gasteiger partial charge in [0.25, 0.3) is 0 Å². The lowest BCUT2D eigenvalue weighted by atomic mass is 9.97. The Balaban J connectivity index is 3.26. The Morgan fingerprint density at radius 2 is 1.90 bits per heavy atom. The summed E-state index contributed by atoms with van der Waals surface area (Å²) in [5, 5.41) is 9.12. The first-order valence-electron chi connectivity index (χ1n) is 6.37. The highest BCUT2D eigenvalue weighted by Gasteiger charge is 2.26. The highest BCUT2D eigenvalue weighted by molar-refractivity contribution is 7.89. The molecular formula is C14H21NO5S. The Morgan fingerprint density at radius 3 is 2.33 bits per heavy atom. The van der Waals surface area contributed by atoms with Crippen LogP contribution >= 0.6 is 0 Å². The Kier molecular flexibility index (Phi) is 5.01. The van der Waals surface area contributed by atoms with Crippen LogP contribution in [0.4, 0.5) is 0 Å². The minimum absolute atomic E-state index is 0.0625. The molecule has 0 fully saturated rings. The maximum atomic E-state index is 12.5. The van der Waals surface area contributed by atoms with E-state index in [1.165, 1.54) is 30.6 Å². The predicted molar refractivity (Wildman–Crippen MR) is 79.2 cm³/mol. The van der Waals surface area contributed by atoms with Gasteiger partial charge in [0.15, 0.2) is 0 Å². The fourth-order valence-corrected chi connectivity index (χ4v) is 3.37. The van der Waals surface area contributed by atoms with Crippen LogP contribution in [0.25, 0.3) is 0 Å². The van der Waals surface area contributed by atoms with E-state index < -0.39 is 16.0 Å². The highest BCUT2D eigenvalue weighted by Crippen LogP contribution is 2.26. The molecule has 1 aromatic rings. The summed E-state index contributed by atoms with van der Waals surface area (Å²) in [4.78, 5) is 11.1. The first-order chi connectivity index (χ1) is 9.49. The van der Waals surface area contributed by atoms with Crippen LogP contribution < -0.4 is 4.74 Å². The molecule has 21 heavy (non-hydrogen) atoms. The average molecular weight is 315 g/mol. The summed E-state index contributed by atoms with van der Waals surface area (Å²) in [5.74, 6) is -1.11. The second-order valence-electron chi connectivity index (χ2n) is 5.99. The average Bonchev–Trinajstić information content (AvgIpc) is 2.35. The molecule has 7 heteroatoms. The normalized spacial score (nSPS) is 12.5. The van der Waals surface area contributed by atoms with Crippen LogP contribution in [-0.2, 0) is 10.0 Å². The zero-order valence-electron chi connectivity index (χ0n) is 12.9. The minimum Gasteiger partial charge on any atom is -0.496 e. The van der Waals surface area contributed by atoms with E-state index in [9.17, 15) is 13.2 Å². The Bertz CT molecular complexity index is 631. The summed E-state index contributed by atoms with van der Waals surface area (Å²) in [5.41, 5.74) is -0.382. The van der Waals surface area contributed by atoms with Gasteiger partial charge >= 0.3 is 5.97 Å². The summed E-state index contributed by atoms with van der Waals surface area (Å²) >= 11 is 0. The van der Waals surface area contributed by atoms with E-state index in [-0.39, 0.29) is 21.6 Å². The quantitative estimate of drug-likeness (QED) is 0.899. The third-order valence-corrected chi connectivity index (χ3v) is 4.61. The highest BCUT2D eigenvalue weighted by atomic mass is 32.2. The van der Waals surface area contributed by atoms with Gasteiger partial charge in [-0.05, 0) is 23.6 Å². The molecule has 1 aromatic carbocycles. The molecular weight excluding hydrogens is 294 g/mol. The summed E-state index contributed by atoms with van der Waals surface area (Å²) < 4.78 is 31.1. The first kappa shape index (κ1) is 17.5. The number of ether oxygens (including phenoxy) is 1. The molecule has 0 radical (unpaired) electrons. The number of benzene rings is 1. The molecule has 0 spiro atoms. The smallest absolute Gasteiger partial charge is 0.339 e. The lowest BCUT2D eigenvalue weighted by Gasteiger charge is -2.26. The molecule has 0 aliphatic rings. The first-order valence-corrected chi connectivity index (χ1v) is 7.81. The number of hydrogen-bond donors (Lipinski definition) is 1. The van der Waals surface area contributed by atoms with Crippen molar-refractivity contribution in [2.45, 2.75) is 25.7 Å². The molecule has 0 bridgehead atoms. The minimum atomic E-state index is -3.74. The van der Waals surface area contributed by atoms with Crippen molar-refractivity contribution in [1.82, 2.24) is 4.31 Å². The van der Waals surface area contributed by atoms with E-state index in [1.807, 2.05) is 20.8 Å². The molecule has 1 N–H and O–H groups in total. The van der Waals surface area contributed by atoms with Crippen LogP contribution in [0.3, 0.4) is 0 Å². The maximum Gasteiger partial charge on any atom is 0.339 e. The molecule has 0 saturated heterocycles. The van der Waals surface area contributed by atoms with E-state index in [0.717, 1.165) is 6.07 Å². The second-order valence-corrected chi connectivity index (χ2v) is 8.03. The molecule has 1 rings (SSSR count). The van der Waals surface area contributed by atoms with Gasteiger partial charge in [0.05, 0.1) is 12.0 Å². The van der Waals surface area contributed by atoms with Crippen molar-refractivity contribution in [3.8, 4) is 5.75 Å². The Labute approximate surface area is 125 Å². The van der Waals surface area contributed by atoms with E-state index in [2.05, 4.69) is 0 Å². The zero-order chi connectivity index (χ0) is 16.4. The number of sulfonamides is 1. The van der Waals surface area contributed by atoms with Crippen molar-refractivity contribution in [2.24, 2.45) is 5.41 Å². The lowest BCUT2D eigenvalue weighted by molar-refractivity contribution is 0.0693. The summed E-state index contributed by atoms with van der Waals surface area (Å²) in [7, 11) is -0.926. The zero-order valence-corrected chi connectivity index (χ0v) is 13.7. The number of carbonyl (C=O) groups is 1. The van der Waals surface area contributed by atoms with E-state index >= 15 is 0 Å². The van der Waals surface area contributed by atoms with Gasteiger partial charge in [-0.2, -0.15) is 0 Å².